The van der Waals surface area contributed by atoms with Crippen molar-refractivity contribution in [3.8, 4) is 18.1 Å². The number of aliphatic hydroxyl groups excluding tert-OH is 1. The fourth-order valence-electron chi connectivity index (χ4n) is 1.78. The first-order chi connectivity index (χ1) is 11.1. The minimum absolute atomic E-state index is 0.00119. The van der Waals surface area contributed by atoms with Gasteiger partial charge in [-0.15, -0.1) is 6.42 Å². The number of amides is 2. The third-order valence-electron chi connectivity index (χ3n) is 2.88. The van der Waals surface area contributed by atoms with Gasteiger partial charge in [0.25, 0.3) is 0 Å². The van der Waals surface area contributed by atoms with Crippen molar-refractivity contribution in [1.82, 2.24) is 5.32 Å². The Morgan fingerprint density at radius 3 is 3.00 bits per heavy atom. The Bertz CT molecular complexity index is 698. The summed E-state index contributed by atoms with van der Waals surface area (Å²) in [5.41, 5.74) is 0.877. The monoisotopic (exact) mass is 334 g/mol. The zero-order valence-electron chi connectivity index (χ0n) is 12.1. The van der Waals surface area contributed by atoms with E-state index < -0.39 is 18.0 Å². The van der Waals surface area contributed by atoms with Crippen molar-refractivity contribution in [1.29, 1.82) is 0 Å². The van der Waals surface area contributed by atoms with E-state index in [2.05, 4.69) is 16.6 Å². The van der Waals surface area contributed by atoms with Crippen LogP contribution in [-0.4, -0.2) is 24.3 Å². The molecule has 0 radical (unpaired) electrons. The number of rotatable bonds is 6. The molecule has 1 aromatic heterocycles. The van der Waals surface area contributed by atoms with Gasteiger partial charge in [-0.05, 0) is 34.5 Å². The van der Waals surface area contributed by atoms with Crippen LogP contribution in [0.2, 0.25) is 0 Å². The molecule has 120 valence electrons. The summed E-state index contributed by atoms with van der Waals surface area (Å²) in [6.45, 7) is 0.0250. The number of thiophene rings is 1. The Hall–Kier alpha value is -2.56. The molecule has 0 unspecified atom stereocenters. The summed E-state index contributed by atoms with van der Waals surface area (Å²) >= 11 is 1.45. The van der Waals surface area contributed by atoms with E-state index in [1.165, 1.54) is 23.5 Å². The van der Waals surface area contributed by atoms with E-state index in [9.17, 15) is 14.3 Å². The Balaban J connectivity index is 1.94. The maximum atomic E-state index is 13.3. The van der Waals surface area contributed by atoms with Gasteiger partial charge >= 0.3 is 6.03 Å². The highest BCUT2D eigenvalue weighted by molar-refractivity contribution is 7.07. The van der Waals surface area contributed by atoms with E-state index in [0.717, 1.165) is 11.6 Å². The van der Waals surface area contributed by atoms with Crippen molar-refractivity contribution in [2.45, 2.75) is 6.10 Å². The lowest BCUT2D eigenvalue weighted by molar-refractivity contribution is 0.175. The molecule has 0 saturated carbocycles. The Morgan fingerprint density at radius 2 is 2.30 bits per heavy atom. The van der Waals surface area contributed by atoms with Crippen LogP contribution in [0.3, 0.4) is 0 Å². The van der Waals surface area contributed by atoms with Crippen molar-refractivity contribution in [3.63, 3.8) is 0 Å². The molecule has 0 fully saturated rings. The lowest BCUT2D eigenvalue weighted by Gasteiger charge is -2.14. The van der Waals surface area contributed by atoms with Gasteiger partial charge in [-0.2, -0.15) is 11.3 Å². The summed E-state index contributed by atoms with van der Waals surface area (Å²) < 4.78 is 18.5. The van der Waals surface area contributed by atoms with Gasteiger partial charge in [-0.3, -0.25) is 0 Å². The first kappa shape index (κ1) is 16.8. The molecule has 7 heteroatoms. The average Bonchev–Trinajstić information content (AvgIpc) is 3.06. The molecule has 5 nitrogen and oxygen atoms in total. The van der Waals surface area contributed by atoms with Crippen LogP contribution in [0.4, 0.5) is 14.9 Å². The first-order valence-electron chi connectivity index (χ1n) is 6.71. The molecule has 0 saturated heterocycles. The van der Waals surface area contributed by atoms with E-state index in [1.54, 1.807) is 11.4 Å². The lowest BCUT2D eigenvalue weighted by Crippen LogP contribution is -2.32. The van der Waals surface area contributed by atoms with Gasteiger partial charge in [-0.1, -0.05) is 5.92 Å². The molecule has 2 aromatic rings. The van der Waals surface area contributed by atoms with Crippen LogP contribution in [0.15, 0.2) is 35.0 Å². The molecule has 0 aliphatic heterocycles. The minimum Gasteiger partial charge on any atom is -0.479 e. The Labute approximate surface area is 137 Å². The van der Waals surface area contributed by atoms with Crippen LogP contribution in [0.5, 0.6) is 5.75 Å². The number of hydrogen-bond donors (Lipinski definition) is 3. The maximum absolute atomic E-state index is 13.3. The fraction of sp³-hybridized carbons (Fsp3) is 0.188. The van der Waals surface area contributed by atoms with E-state index >= 15 is 0 Å². The van der Waals surface area contributed by atoms with Crippen molar-refractivity contribution < 1.29 is 19.0 Å². The molecule has 0 aliphatic carbocycles. The molecule has 3 N–H and O–H groups in total. The van der Waals surface area contributed by atoms with Crippen LogP contribution in [0.1, 0.15) is 11.7 Å². The summed E-state index contributed by atoms with van der Waals surface area (Å²) in [7, 11) is 0. The topological polar surface area (TPSA) is 70.6 Å². The zero-order valence-corrected chi connectivity index (χ0v) is 12.9. The van der Waals surface area contributed by atoms with Gasteiger partial charge in [0, 0.05) is 12.6 Å². The number of ether oxygens (including phenoxy) is 1. The minimum atomic E-state index is -0.809. The van der Waals surface area contributed by atoms with E-state index in [0.29, 0.717) is 0 Å². The van der Waals surface area contributed by atoms with Gasteiger partial charge in [0.15, 0.2) is 0 Å². The third-order valence-corrected chi connectivity index (χ3v) is 3.59. The normalized spacial score (nSPS) is 11.3. The van der Waals surface area contributed by atoms with Crippen molar-refractivity contribution >= 4 is 23.1 Å². The number of hydrogen-bond acceptors (Lipinski definition) is 4. The second-order valence-corrected chi connectivity index (χ2v) is 5.32. The van der Waals surface area contributed by atoms with E-state index in [1.807, 2.05) is 5.38 Å². The summed E-state index contributed by atoms with van der Waals surface area (Å²) in [5, 5.41) is 18.5. The quantitative estimate of drug-likeness (QED) is 0.712. The van der Waals surface area contributed by atoms with Gasteiger partial charge < -0.3 is 20.5 Å². The van der Waals surface area contributed by atoms with Crippen LogP contribution in [0, 0.1) is 18.2 Å². The average molecular weight is 334 g/mol. The number of benzene rings is 1. The fourth-order valence-corrected chi connectivity index (χ4v) is 2.49. The van der Waals surface area contributed by atoms with Crippen LogP contribution in [0.25, 0.3) is 0 Å². The summed E-state index contributed by atoms with van der Waals surface area (Å²) in [4.78, 5) is 11.9. The summed E-state index contributed by atoms with van der Waals surface area (Å²) in [6.07, 6.45) is 4.30. The van der Waals surface area contributed by atoms with Gasteiger partial charge in [-0.25, -0.2) is 9.18 Å². The van der Waals surface area contributed by atoms with Crippen molar-refractivity contribution in [2.24, 2.45) is 0 Å². The summed E-state index contributed by atoms with van der Waals surface area (Å²) in [6, 6.07) is 4.89. The molecule has 0 bridgehead atoms. The van der Waals surface area contributed by atoms with Gasteiger partial charge in [0.2, 0.25) is 0 Å². The standard InChI is InChI=1S/C16H15FN2O3S/c1-2-6-22-15-4-3-12(17)8-13(15)19-16(21)18-9-14(20)11-5-7-23-10-11/h1,3-5,7-8,10,14,20H,6,9H2,(H2,18,19,21)/t14-/m0/s1. The van der Waals surface area contributed by atoms with Crippen LogP contribution >= 0.6 is 11.3 Å². The highest BCUT2D eigenvalue weighted by atomic mass is 32.1. The Morgan fingerprint density at radius 1 is 1.48 bits per heavy atom. The van der Waals surface area contributed by atoms with Crippen molar-refractivity contribution in [2.75, 3.05) is 18.5 Å². The number of carbonyl (C=O) groups is 1. The number of carbonyl (C=O) groups excluding carboxylic acids is 1. The molecular weight excluding hydrogens is 319 g/mol. The van der Waals surface area contributed by atoms with E-state index in [-0.39, 0.29) is 24.6 Å². The van der Waals surface area contributed by atoms with Crippen molar-refractivity contribution in [3.05, 3.63) is 46.4 Å². The molecule has 1 heterocycles. The lowest BCUT2D eigenvalue weighted by atomic mass is 10.2. The molecular formula is C16H15FN2O3S. The smallest absolute Gasteiger partial charge is 0.319 e. The number of anilines is 1. The highest BCUT2D eigenvalue weighted by Crippen LogP contribution is 2.25. The van der Waals surface area contributed by atoms with Gasteiger partial charge in [0.05, 0.1) is 11.8 Å². The SMILES string of the molecule is C#CCOc1ccc(F)cc1NC(=O)NC[C@H](O)c1ccsc1. The number of terminal acetylenes is 1. The van der Waals surface area contributed by atoms with Crippen LogP contribution < -0.4 is 15.4 Å². The zero-order chi connectivity index (χ0) is 16.7. The van der Waals surface area contributed by atoms with Crippen LogP contribution in [-0.2, 0) is 0 Å². The largest absolute Gasteiger partial charge is 0.479 e. The number of nitrogens with one attached hydrogen (secondary N) is 2. The maximum Gasteiger partial charge on any atom is 0.319 e. The number of halogens is 1. The predicted octanol–water partition coefficient (Wildman–Crippen LogP) is 2.75. The Kier molecular flexibility index (Phi) is 5.97. The van der Waals surface area contributed by atoms with Gasteiger partial charge in [0.1, 0.15) is 18.2 Å². The van der Waals surface area contributed by atoms with E-state index in [4.69, 9.17) is 11.2 Å². The number of urea groups is 1. The third kappa shape index (κ3) is 4.98. The molecule has 0 spiro atoms. The molecule has 1 aromatic carbocycles. The second-order valence-electron chi connectivity index (χ2n) is 4.54. The molecule has 23 heavy (non-hydrogen) atoms. The number of aliphatic hydroxyl groups is 1. The highest BCUT2D eigenvalue weighted by Gasteiger charge is 2.12. The molecule has 2 rings (SSSR count). The molecule has 2 amide bonds. The first-order valence-corrected chi connectivity index (χ1v) is 7.65. The summed E-state index contributed by atoms with van der Waals surface area (Å²) in [5.74, 6) is 2.03. The second kappa shape index (κ2) is 8.17. The molecule has 1 atom stereocenters. The predicted molar refractivity (Wildman–Crippen MR) is 87.0 cm³/mol. The molecule has 0 aliphatic rings.